The van der Waals surface area contributed by atoms with E-state index in [1.807, 2.05) is 24.3 Å². The SMILES string of the molecule is O=C(N[C@H](CO)Cn1ncc2ccccc21)c1ccc2[nH]nc(-c3cccc(F)c3)c2c1. The first-order valence-corrected chi connectivity index (χ1v) is 10.2. The lowest BCUT2D eigenvalue weighted by Gasteiger charge is -2.17. The molecule has 8 heteroatoms. The first-order chi connectivity index (χ1) is 15.6. The van der Waals surface area contributed by atoms with Crippen LogP contribution in [-0.4, -0.2) is 43.6 Å². The number of benzene rings is 3. The van der Waals surface area contributed by atoms with Gasteiger partial charge in [-0.3, -0.25) is 14.6 Å². The maximum Gasteiger partial charge on any atom is 0.251 e. The molecule has 0 radical (unpaired) electrons. The van der Waals surface area contributed by atoms with Crippen LogP contribution in [0.3, 0.4) is 0 Å². The number of para-hydroxylation sites is 1. The molecule has 0 saturated heterocycles. The molecule has 1 amide bonds. The van der Waals surface area contributed by atoms with Gasteiger partial charge >= 0.3 is 0 Å². The number of amides is 1. The Morgan fingerprint density at radius 3 is 2.84 bits per heavy atom. The Morgan fingerprint density at radius 2 is 2.00 bits per heavy atom. The second kappa shape index (κ2) is 8.24. The van der Waals surface area contributed by atoms with E-state index in [1.165, 1.54) is 12.1 Å². The summed E-state index contributed by atoms with van der Waals surface area (Å²) in [6.45, 7) is 0.0979. The van der Waals surface area contributed by atoms with Crippen molar-refractivity contribution in [1.82, 2.24) is 25.3 Å². The molecule has 2 heterocycles. The van der Waals surface area contributed by atoms with E-state index in [0.717, 1.165) is 16.4 Å². The molecule has 0 unspecified atom stereocenters. The molecule has 0 bridgehead atoms. The van der Waals surface area contributed by atoms with Crippen molar-refractivity contribution in [2.75, 3.05) is 6.61 Å². The number of rotatable bonds is 6. The molecule has 0 spiro atoms. The third kappa shape index (κ3) is 3.72. The monoisotopic (exact) mass is 429 g/mol. The predicted octanol–water partition coefficient (Wildman–Crippen LogP) is 3.51. The molecule has 32 heavy (non-hydrogen) atoms. The third-order valence-corrected chi connectivity index (χ3v) is 5.42. The highest BCUT2D eigenvalue weighted by Crippen LogP contribution is 2.27. The maximum absolute atomic E-state index is 13.7. The van der Waals surface area contributed by atoms with Gasteiger partial charge in [-0.2, -0.15) is 10.2 Å². The molecule has 1 atom stereocenters. The highest BCUT2D eigenvalue weighted by Gasteiger charge is 2.17. The van der Waals surface area contributed by atoms with Crippen molar-refractivity contribution in [2.45, 2.75) is 12.6 Å². The molecule has 7 nitrogen and oxygen atoms in total. The summed E-state index contributed by atoms with van der Waals surface area (Å²) in [4.78, 5) is 12.9. The molecule has 0 saturated carbocycles. The number of hydrogen-bond donors (Lipinski definition) is 3. The van der Waals surface area contributed by atoms with Crippen molar-refractivity contribution in [3.63, 3.8) is 0 Å². The number of aliphatic hydroxyl groups is 1. The van der Waals surface area contributed by atoms with Crippen LogP contribution in [0.2, 0.25) is 0 Å². The Kier molecular flexibility index (Phi) is 5.12. The van der Waals surface area contributed by atoms with Gasteiger partial charge in [-0.15, -0.1) is 0 Å². The molecule has 0 fully saturated rings. The van der Waals surface area contributed by atoms with Gasteiger partial charge in [0.1, 0.15) is 11.5 Å². The van der Waals surface area contributed by atoms with E-state index in [1.54, 1.807) is 41.2 Å². The summed E-state index contributed by atoms with van der Waals surface area (Å²) >= 11 is 0. The number of nitrogens with one attached hydrogen (secondary N) is 2. The van der Waals surface area contributed by atoms with Crippen LogP contribution in [0.1, 0.15) is 10.4 Å². The van der Waals surface area contributed by atoms with Crippen molar-refractivity contribution in [2.24, 2.45) is 0 Å². The van der Waals surface area contributed by atoms with Crippen molar-refractivity contribution < 1.29 is 14.3 Å². The average molecular weight is 429 g/mol. The first-order valence-electron chi connectivity index (χ1n) is 10.2. The van der Waals surface area contributed by atoms with Crippen molar-refractivity contribution in [3.05, 3.63) is 84.3 Å². The Balaban J connectivity index is 1.39. The highest BCUT2D eigenvalue weighted by molar-refractivity contribution is 6.01. The van der Waals surface area contributed by atoms with E-state index in [-0.39, 0.29) is 18.3 Å². The molecular formula is C24H20FN5O2. The number of carbonyl (C=O) groups is 1. The number of halogens is 1. The summed E-state index contributed by atoms with van der Waals surface area (Å²) in [7, 11) is 0. The van der Waals surface area contributed by atoms with Gasteiger partial charge in [-0.25, -0.2) is 4.39 Å². The molecular weight excluding hydrogens is 409 g/mol. The number of fused-ring (bicyclic) bond motifs is 2. The van der Waals surface area contributed by atoms with E-state index in [2.05, 4.69) is 20.6 Å². The Labute approximate surface area is 182 Å². The zero-order valence-corrected chi connectivity index (χ0v) is 17.0. The standard InChI is InChI=1S/C24H20FN5O2/c25-18-6-3-5-15(10-18)23-20-11-16(8-9-21(20)28-29-23)24(32)27-19(14-31)13-30-22-7-2-1-4-17(22)12-26-30/h1-12,19,31H,13-14H2,(H,27,32)(H,28,29)/t19-/m0/s1. The second-order valence-corrected chi connectivity index (χ2v) is 7.58. The molecule has 3 aromatic carbocycles. The Bertz CT molecular complexity index is 1420. The minimum atomic E-state index is -0.520. The van der Waals surface area contributed by atoms with Crippen LogP contribution in [0.4, 0.5) is 4.39 Å². The van der Waals surface area contributed by atoms with Gasteiger partial charge in [-0.1, -0.05) is 30.3 Å². The van der Waals surface area contributed by atoms with Gasteiger partial charge < -0.3 is 10.4 Å². The van der Waals surface area contributed by atoms with Gasteiger partial charge in [-0.05, 0) is 36.4 Å². The summed E-state index contributed by atoms with van der Waals surface area (Å²) < 4.78 is 15.4. The molecule has 0 aliphatic rings. The van der Waals surface area contributed by atoms with E-state index >= 15 is 0 Å². The highest BCUT2D eigenvalue weighted by atomic mass is 19.1. The largest absolute Gasteiger partial charge is 0.394 e. The number of carbonyl (C=O) groups excluding carboxylic acids is 1. The van der Waals surface area contributed by atoms with Crippen molar-refractivity contribution in [1.29, 1.82) is 0 Å². The maximum atomic E-state index is 13.7. The van der Waals surface area contributed by atoms with Crippen LogP contribution in [0.5, 0.6) is 0 Å². The summed E-state index contributed by atoms with van der Waals surface area (Å²) in [5.74, 6) is -0.682. The van der Waals surface area contributed by atoms with Crippen LogP contribution < -0.4 is 5.32 Å². The zero-order chi connectivity index (χ0) is 22.1. The molecule has 0 aliphatic carbocycles. The number of H-pyrrole nitrogens is 1. The number of aliphatic hydroxyl groups excluding tert-OH is 1. The summed E-state index contributed by atoms with van der Waals surface area (Å²) in [5, 5.41) is 26.0. The molecule has 5 rings (SSSR count). The lowest BCUT2D eigenvalue weighted by atomic mass is 10.0. The fraction of sp³-hybridized carbons (Fsp3) is 0.125. The number of aromatic nitrogens is 4. The first kappa shape index (κ1) is 19.9. The smallest absolute Gasteiger partial charge is 0.251 e. The molecule has 5 aromatic rings. The van der Waals surface area contributed by atoms with Crippen LogP contribution in [0.25, 0.3) is 33.1 Å². The Hall–Kier alpha value is -4.04. The minimum Gasteiger partial charge on any atom is -0.394 e. The van der Waals surface area contributed by atoms with Gasteiger partial charge in [0.2, 0.25) is 0 Å². The number of nitrogens with zero attached hydrogens (tertiary/aromatic N) is 3. The second-order valence-electron chi connectivity index (χ2n) is 7.58. The van der Waals surface area contributed by atoms with Crippen LogP contribution in [0.15, 0.2) is 72.9 Å². The van der Waals surface area contributed by atoms with Crippen LogP contribution in [0, 0.1) is 5.82 Å². The quantitative estimate of drug-likeness (QED) is 0.385. The van der Waals surface area contributed by atoms with Gasteiger partial charge in [0.25, 0.3) is 5.91 Å². The van der Waals surface area contributed by atoms with E-state index in [4.69, 9.17) is 0 Å². The molecule has 160 valence electrons. The summed E-state index contributed by atoms with van der Waals surface area (Å²) in [5.41, 5.74) is 3.27. The molecule has 0 aliphatic heterocycles. The lowest BCUT2D eigenvalue weighted by molar-refractivity contribution is 0.0909. The van der Waals surface area contributed by atoms with E-state index in [9.17, 15) is 14.3 Å². The van der Waals surface area contributed by atoms with Gasteiger partial charge in [0.05, 0.1) is 36.4 Å². The fourth-order valence-corrected chi connectivity index (χ4v) is 3.81. The average Bonchev–Trinajstić information content (AvgIpc) is 3.42. The van der Waals surface area contributed by atoms with Crippen LogP contribution >= 0.6 is 0 Å². The molecule has 2 aromatic heterocycles. The lowest BCUT2D eigenvalue weighted by Crippen LogP contribution is -2.40. The third-order valence-electron chi connectivity index (χ3n) is 5.42. The molecule has 3 N–H and O–H groups in total. The summed E-state index contributed by atoms with van der Waals surface area (Å²) in [6.07, 6.45) is 1.76. The normalized spacial score (nSPS) is 12.3. The van der Waals surface area contributed by atoms with E-state index < -0.39 is 6.04 Å². The predicted molar refractivity (Wildman–Crippen MR) is 120 cm³/mol. The number of aromatic amines is 1. The number of hydrogen-bond acceptors (Lipinski definition) is 4. The van der Waals surface area contributed by atoms with Crippen molar-refractivity contribution >= 4 is 27.7 Å². The zero-order valence-electron chi connectivity index (χ0n) is 17.0. The topological polar surface area (TPSA) is 95.8 Å². The minimum absolute atomic E-state index is 0.234. The Morgan fingerprint density at radius 1 is 1.12 bits per heavy atom. The van der Waals surface area contributed by atoms with Crippen molar-refractivity contribution in [3.8, 4) is 11.3 Å². The fourth-order valence-electron chi connectivity index (χ4n) is 3.81. The summed E-state index contributed by atoms with van der Waals surface area (Å²) in [6, 6.07) is 18.5. The van der Waals surface area contributed by atoms with Gasteiger partial charge in [0.15, 0.2) is 0 Å². The van der Waals surface area contributed by atoms with Crippen LogP contribution in [-0.2, 0) is 6.54 Å². The van der Waals surface area contributed by atoms with E-state index in [0.29, 0.717) is 28.8 Å². The van der Waals surface area contributed by atoms with Gasteiger partial charge in [0, 0.05) is 21.9 Å².